The van der Waals surface area contributed by atoms with E-state index in [1.54, 1.807) is 25.3 Å². The lowest BCUT2D eigenvalue weighted by atomic mass is 10.2. The van der Waals surface area contributed by atoms with Crippen molar-refractivity contribution < 1.29 is 8.42 Å². The average Bonchev–Trinajstić information content (AvgIpc) is 2.46. The van der Waals surface area contributed by atoms with Crippen molar-refractivity contribution in [1.29, 1.82) is 0 Å². The predicted octanol–water partition coefficient (Wildman–Crippen LogP) is 3.17. The third kappa shape index (κ3) is 3.58. The van der Waals surface area contributed by atoms with Gasteiger partial charge in [-0.3, -0.25) is 0 Å². The third-order valence-electron chi connectivity index (χ3n) is 2.67. The monoisotopic (exact) mass is 293 g/mol. The second-order valence-electron chi connectivity index (χ2n) is 3.98. The van der Waals surface area contributed by atoms with Gasteiger partial charge in [-0.2, -0.15) is 0 Å². The predicted molar refractivity (Wildman–Crippen MR) is 78.0 cm³/mol. The van der Waals surface area contributed by atoms with Gasteiger partial charge in [0, 0.05) is 11.9 Å². The summed E-state index contributed by atoms with van der Waals surface area (Å²) in [6.07, 6.45) is 1.63. The molecule has 100 valence electrons. The molecule has 0 aliphatic heterocycles. The molecule has 1 heterocycles. The molecule has 0 saturated heterocycles. The number of hydrogen-bond donors (Lipinski definition) is 0. The molecule has 0 amide bonds. The highest BCUT2D eigenvalue weighted by molar-refractivity contribution is 7.99. The van der Waals surface area contributed by atoms with Crippen molar-refractivity contribution in [1.82, 2.24) is 4.98 Å². The SMILES string of the molecule is CCS(=O)(=O)c1cccnc1SCc1ccccc1. The molecule has 0 aliphatic carbocycles. The van der Waals surface area contributed by atoms with Gasteiger partial charge in [0.15, 0.2) is 9.84 Å². The van der Waals surface area contributed by atoms with Crippen LogP contribution in [0.2, 0.25) is 0 Å². The standard InChI is InChI=1S/C14H15NO2S2/c1-2-19(16,17)13-9-6-10-15-14(13)18-11-12-7-4-3-5-8-12/h3-10H,2,11H2,1H3. The van der Waals surface area contributed by atoms with Gasteiger partial charge in [0.05, 0.1) is 10.6 Å². The van der Waals surface area contributed by atoms with E-state index in [1.807, 2.05) is 30.3 Å². The number of hydrogen-bond acceptors (Lipinski definition) is 4. The zero-order valence-electron chi connectivity index (χ0n) is 10.6. The summed E-state index contributed by atoms with van der Waals surface area (Å²) < 4.78 is 24.0. The highest BCUT2D eigenvalue weighted by atomic mass is 32.2. The van der Waals surface area contributed by atoms with Crippen molar-refractivity contribution >= 4 is 21.6 Å². The Morgan fingerprint density at radius 1 is 1.11 bits per heavy atom. The normalized spacial score (nSPS) is 11.4. The van der Waals surface area contributed by atoms with Crippen LogP contribution in [0.15, 0.2) is 58.6 Å². The number of rotatable bonds is 5. The molecule has 19 heavy (non-hydrogen) atoms. The first-order valence-corrected chi connectivity index (χ1v) is 8.62. The molecule has 0 spiro atoms. The maximum atomic E-state index is 12.0. The summed E-state index contributed by atoms with van der Waals surface area (Å²) in [4.78, 5) is 4.52. The van der Waals surface area contributed by atoms with E-state index in [9.17, 15) is 8.42 Å². The number of pyridine rings is 1. The van der Waals surface area contributed by atoms with Crippen molar-refractivity contribution in [3.8, 4) is 0 Å². The second kappa shape index (κ2) is 6.21. The molecule has 1 aromatic heterocycles. The molecule has 0 fully saturated rings. The van der Waals surface area contributed by atoms with Gasteiger partial charge in [-0.25, -0.2) is 13.4 Å². The lowest BCUT2D eigenvalue weighted by Gasteiger charge is -2.07. The minimum absolute atomic E-state index is 0.0948. The molecule has 0 atom stereocenters. The lowest BCUT2D eigenvalue weighted by Crippen LogP contribution is -2.06. The number of sulfone groups is 1. The van der Waals surface area contributed by atoms with Gasteiger partial charge in [0.1, 0.15) is 5.03 Å². The summed E-state index contributed by atoms with van der Waals surface area (Å²) in [6, 6.07) is 13.2. The van der Waals surface area contributed by atoms with Crippen LogP contribution in [0.5, 0.6) is 0 Å². The van der Waals surface area contributed by atoms with E-state index >= 15 is 0 Å². The second-order valence-corrected chi connectivity index (χ2v) is 7.20. The van der Waals surface area contributed by atoms with Crippen LogP contribution >= 0.6 is 11.8 Å². The minimum atomic E-state index is -3.22. The van der Waals surface area contributed by atoms with Crippen LogP contribution in [0.1, 0.15) is 12.5 Å². The first-order valence-electron chi connectivity index (χ1n) is 5.98. The van der Waals surface area contributed by atoms with E-state index in [1.165, 1.54) is 11.8 Å². The molecular weight excluding hydrogens is 278 g/mol. The van der Waals surface area contributed by atoms with Crippen molar-refractivity contribution in [3.63, 3.8) is 0 Å². The van der Waals surface area contributed by atoms with Gasteiger partial charge in [0.2, 0.25) is 0 Å². The number of thioether (sulfide) groups is 1. The Bertz CT molecular complexity index is 640. The van der Waals surface area contributed by atoms with Crippen LogP contribution in [0, 0.1) is 0 Å². The van der Waals surface area contributed by atoms with E-state index in [0.717, 1.165) is 5.56 Å². The van der Waals surface area contributed by atoms with Gasteiger partial charge >= 0.3 is 0 Å². The fraction of sp³-hybridized carbons (Fsp3) is 0.214. The molecule has 0 unspecified atom stereocenters. The number of aromatic nitrogens is 1. The Morgan fingerprint density at radius 2 is 1.84 bits per heavy atom. The first kappa shape index (κ1) is 14.1. The van der Waals surface area contributed by atoms with Crippen LogP contribution in [-0.2, 0) is 15.6 Å². The van der Waals surface area contributed by atoms with Crippen LogP contribution in [-0.4, -0.2) is 19.2 Å². The smallest absolute Gasteiger partial charge is 0.180 e. The van der Waals surface area contributed by atoms with Gasteiger partial charge in [-0.15, -0.1) is 11.8 Å². The van der Waals surface area contributed by atoms with E-state index < -0.39 is 9.84 Å². The zero-order chi connectivity index (χ0) is 13.7. The molecule has 0 radical (unpaired) electrons. The molecule has 0 aliphatic rings. The van der Waals surface area contributed by atoms with Crippen molar-refractivity contribution in [2.75, 3.05) is 5.75 Å². The Morgan fingerprint density at radius 3 is 2.53 bits per heavy atom. The maximum Gasteiger partial charge on any atom is 0.180 e. The molecule has 3 nitrogen and oxygen atoms in total. The molecule has 2 rings (SSSR count). The number of benzene rings is 1. The third-order valence-corrected chi connectivity index (χ3v) is 5.63. The van der Waals surface area contributed by atoms with Gasteiger partial charge < -0.3 is 0 Å². The van der Waals surface area contributed by atoms with Gasteiger partial charge in [-0.1, -0.05) is 37.3 Å². The van der Waals surface area contributed by atoms with Crippen LogP contribution < -0.4 is 0 Å². The molecule has 2 aromatic rings. The topological polar surface area (TPSA) is 47.0 Å². The molecule has 0 bridgehead atoms. The average molecular weight is 293 g/mol. The summed E-state index contributed by atoms with van der Waals surface area (Å²) in [5.74, 6) is 0.807. The molecule has 0 N–H and O–H groups in total. The van der Waals surface area contributed by atoms with Crippen LogP contribution in [0.3, 0.4) is 0 Å². The number of nitrogens with zero attached hydrogens (tertiary/aromatic N) is 1. The van der Waals surface area contributed by atoms with E-state index in [0.29, 0.717) is 15.7 Å². The molecule has 1 aromatic carbocycles. The van der Waals surface area contributed by atoms with Crippen molar-refractivity contribution in [2.24, 2.45) is 0 Å². The summed E-state index contributed by atoms with van der Waals surface area (Å²) in [7, 11) is -3.22. The minimum Gasteiger partial charge on any atom is -0.249 e. The van der Waals surface area contributed by atoms with Gasteiger partial charge in [0.25, 0.3) is 0 Å². The Balaban J connectivity index is 2.22. The lowest BCUT2D eigenvalue weighted by molar-refractivity contribution is 0.594. The highest BCUT2D eigenvalue weighted by Crippen LogP contribution is 2.27. The maximum absolute atomic E-state index is 12.0. The van der Waals surface area contributed by atoms with Crippen LogP contribution in [0.25, 0.3) is 0 Å². The summed E-state index contributed by atoms with van der Waals surface area (Å²) in [6.45, 7) is 1.65. The van der Waals surface area contributed by atoms with Gasteiger partial charge in [-0.05, 0) is 17.7 Å². The molecule has 5 heteroatoms. The molecular formula is C14H15NO2S2. The summed E-state index contributed by atoms with van der Waals surface area (Å²) >= 11 is 1.45. The quantitative estimate of drug-likeness (QED) is 0.794. The largest absolute Gasteiger partial charge is 0.249 e. The zero-order valence-corrected chi connectivity index (χ0v) is 12.2. The van der Waals surface area contributed by atoms with E-state index in [2.05, 4.69) is 4.98 Å². The van der Waals surface area contributed by atoms with Crippen LogP contribution in [0.4, 0.5) is 0 Å². The van der Waals surface area contributed by atoms with Crippen molar-refractivity contribution in [2.45, 2.75) is 22.6 Å². The fourth-order valence-electron chi connectivity index (χ4n) is 1.60. The Labute approximate surface area is 118 Å². The highest BCUT2D eigenvalue weighted by Gasteiger charge is 2.17. The molecule has 0 saturated carbocycles. The Kier molecular flexibility index (Phi) is 4.61. The Hall–Kier alpha value is -1.33. The fourth-order valence-corrected chi connectivity index (χ4v) is 3.92. The van der Waals surface area contributed by atoms with Crippen molar-refractivity contribution in [3.05, 3.63) is 54.2 Å². The van der Waals surface area contributed by atoms with E-state index in [-0.39, 0.29) is 5.75 Å². The van der Waals surface area contributed by atoms with E-state index in [4.69, 9.17) is 0 Å². The first-order chi connectivity index (χ1) is 9.13. The summed E-state index contributed by atoms with van der Waals surface area (Å²) in [5.41, 5.74) is 1.15. The summed E-state index contributed by atoms with van der Waals surface area (Å²) in [5, 5.41) is 0.577.